The molecule has 1 aromatic carbocycles. The molecule has 100 valence electrons. The highest BCUT2D eigenvalue weighted by Crippen LogP contribution is 2.28. The predicted octanol–water partition coefficient (Wildman–Crippen LogP) is 4.22. The smallest absolute Gasteiger partial charge is 0.164 e. The minimum absolute atomic E-state index is 0.760. The summed E-state index contributed by atoms with van der Waals surface area (Å²) in [6.45, 7) is 1.87. The third-order valence-electron chi connectivity index (χ3n) is 2.42. The van der Waals surface area contributed by atoms with Crippen molar-refractivity contribution in [1.82, 2.24) is 19.6 Å². The summed E-state index contributed by atoms with van der Waals surface area (Å²) < 4.78 is 5.21. The minimum Gasteiger partial charge on any atom is -0.218 e. The Morgan fingerprint density at radius 3 is 2.45 bits per heavy atom. The molecule has 2 aromatic heterocycles. The maximum Gasteiger partial charge on any atom is 0.164 e. The van der Waals surface area contributed by atoms with E-state index in [0.29, 0.717) is 0 Å². The SMILES string of the molecule is Cc1nsc(-c2ccc(Sc3ccc(Br)cc3)nn2)n1. The van der Waals surface area contributed by atoms with Gasteiger partial charge in [-0.2, -0.15) is 4.37 Å². The number of halogens is 1. The van der Waals surface area contributed by atoms with Gasteiger partial charge in [-0.05, 0) is 54.9 Å². The molecule has 0 bridgehead atoms. The average Bonchev–Trinajstić information content (AvgIpc) is 2.89. The van der Waals surface area contributed by atoms with Gasteiger partial charge in [-0.3, -0.25) is 0 Å². The van der Waals surface area contributed by atoms with Gasteiger partial charge in [0, 0.05) is 9.37 Å². The van der Waals surface area contributed by atoms with E-state index in [0.717, 1.165) is 30.9 Å². The Labute approximate surface area is 133 Å². The highest BCUT2D eigenvalue weighted by Gasteiger charge is 2.07. The van der Waals surface area contributed by atoms with E-state index in [1.54, 1.807) is 11.8 Å². The maximum atomic E-state index is 4.30. The molecule has 4 nitrogen and oxygen atoms in total. The van der Waals surface area contributed by atoms with Crippen LogP contribution in [0.3, 0.4) is 0 Å². The van der Waals surface area contributed by atoms with Crippen molar-refractivity contribution < 1.29 is 0 Å². The van der Waals surface area contributed by atoms with Crippen molar-refractivity contribution in [2.45, 2.75) is 16.8 Å². The van der Waals surface area contributed by atoms with Gasteiger partial charge in [0.25, 0.3) is 0 Å². The number of hydrogen-bond acceptors (Lipinski definition) is 6. The molecule has 7 heteroatoms. The van der Waals surface area contributed by atoms with Crippen molar-refractivity contribution >= 4 is 39.2 Å². The van der Waals surface area contributed by atoms with Gasteiger partial charge in [0.15, 0.2) is 5.01 Å². The van der Waals surface area contributed by atoms with Crippen molar-refractivity contribution in [3.05, 3.63) is 46.7 Å². The monoisotopic (exact) mass is 364 g/mol. The van der Waals surface area contributed by atoms with E-state index in [1.807, 2.05) is 43.3 Å². The zero-order valence-electron chi connectivity index (χ0n) is 10.4. The van der Waals surface area contributed by atoms with Gasteiger partial charge in [0.05, 0.1) is 0 Å². The standard InChI is InChI=1S/C13H9BrN4S2/c1-8-15-13(20-18-8)11-6-7-12(17-16-11)19-10-4-2-9(14)3-5-10/h2-7H,1H3. The van der Waals surface area contributed by atoms with Crippen molar-refractivity contribution in [2.75, 3.05) is 0 Å². The molecule has 0 atom stereocenters. The second kappa shape index (κ2) is 5.99. The van der Waals surface area contributed by atoms with Crippen LogP contribution in [0, 0.1) is 6.92 Å². The molecule has 0 aliphatic carbocycles. The van der Waals surface area contributed by atoms with Crippen LogP contribution in [-0.4, -0.2) is 19.6 Å². The van der Waals surface area contributed by atoms with Gasteiger partial charge in [-0.15, -0.1) is 10.2 Å². The molecule has 0 N–H and O–H groups in total. The summed E-state index contributed by atoms with van der Waals surface area (Å²) in [4.78, 5) is 5.42. The van der Waals surface area contributed by atoms with Gasteiger partial charge in [0.2, 0.25) is 0 Å². The molecule has 0 fully saturated rings. The van der Waals surface area contributed by atoms with Crippen molar-refractivity contribution in [2.24, 2.45) is 0 Å². The molecule has 0 saturated heterocycles. The molecule has 0 unspecified atom stereocenters. The summed E-state index contributed by atoms with van der Waals surface area (Å²) in [5.41, 5.74) is 0.760. The van der Waals surface area contributed by atoms with Crippen LogP contribution in [0.1, 0.15) is 5.82 Å². The van der Waals surface area contributed by atoms with E-state index >= 15 is 0 Å². The number of aryl methyl sites for hydroxylation is 1. The normalized spacial score (nSPS) is 10.7. The Morgan fingerprint density at radius 1 is 1.05 bits per heavy atom. The lowest BCUT2D eigenvalue weighted by Crippen LogP contribution is -1.89. The van der Waals surface area contributed by atoms with Crippen molar-refractivity contribution in [1.29, 1.82) is 0 Å². The molecule has 0 aliphatic heterocycles. The van der Waals surface area contributed by atoms with Crippen LogP contribution in [0.5, 0.6) is 0 Å². The number of hydrogen-bond donors (Lipinski definition) is 0. The molecule has 0 amide bonds. The van der Waals surface area contributed by atoms with Crippen LogP contribution in [0.15, 0.2) is 50.8 Å². The van der Waals surface area contributed by atoms with E-state index in [4.69, 9.17) is 0 Å². The van der Waals surface area contributed by atoms with E-state index in [-0.39, 0.29) is 0 Å². The lowest BCUT2D eigenvalue weighted by molar-refractivity contribution is 0.933. The molecule has 2 heterocycles. The van der Waals surface area contributed by atoms with E-state index < -0.39 is 0 Å². The summed E-state index contributed by atoms with van der Waals surface area (Å²) in [6, 6.07) is 12.0. The first-order valence-electron chi connectivity index (χ1n) is 5.78. The Bertz CT molecular complexity index is 710. The summed E-state index contributed by atoms with van der Waals surface area (Å²) in [5, 5.41) is 10.1. The fourth-order valence-corrected chi connectivity index (χ4v) is 3.14. The maximum absolute atomic E-state index is 4.30. The third kappa shape index (κ3) is 3.23. The van der Waals surface area contributed by atoms with Crippen LogP contribution < -0.4 is 0 Å². The highest BCUT2D eigenvalue weighted by molar-refractivity contribution is 9.10. The quantitative estimate of drug-likeness (QED) is 0.696. The largest absolute Gasteiger partial charge is 0.218 e. The summed E-state index contributed by atoms with van der Waals surface area (Å²) in [5.74, 6) is 0.764. The number of rotatable bonds is 3. The number of aromatic nitrogens is 4. The van der Waals surface area contributed by atoms with Crippen LogP contribution in [0.4, 0.5) is 0 Å². The first-order valence-corrected chi connectivity index (χ1v) is 8.17. The lowest BCUT2D eigenvalue weighted by atomic mass is 10.4. The number of benzene rings is 1. The van der Waals surface area contributed by atoms with Gasteiger partial charge in [-0.1, -0.05) is 27.7 Å². The second-order valence-corrected chi connectivity index (χ2v) is 6.72. The Morgan fingerprint density at radius 2 is 1.85 bits per heavy atom. The Balaban J connectivity index is 1.77. The van der Waals surface area contributed by atoms with Gasteiger partial charge in [0.1, 0.15) is 16.5 Å². The molecule has 3 rings (SSSR count). The Hall–Kier alpha value is -1.31. The van der Waals surface area contributed by atoms with Gasteiger partial charge < -0.3 is 0 Å². The van der Waals surface area contributed by atoms with Crippen LogP contribution in [-0.2, 0) is 0 Å². The van der Waals surface area contributed by atoms with Crippen molar-refractivity contribution in [3.63, 3.8) is 0 Å². The van der Waals surface area contributed by atoms with Crippen LogP contribution in [0.25, 0.3) is 10.7 Å². The molecular formula is C13H9BrN4S2. The zero-order valence-corrected chi connectivity index (χ0v) is 13.7. The average molecular weight is 365 g/mol. The topological polar surface area (TPSA) is 51.6 Å². The van der Waals surface area contributed by atoms with E-state index in [2.05, 4.69) is 35.5 Å². The first-order chi connectivity index (χ1) is 9.70. The Kier molecular flexibility index (Phi) is 4.09. The molecule has 0 aliphatic rings. The number of nitrogens with zero attached hydrogens (tertiary/aromatic N) is 4. The molecule has 0 spiro atoms. The fourth-order valence-electron chi connectivity index (χ4n) is 1.51. The molecule has 0 radical (unpaired) electrons. The van der Waals surface area contributed by atoms with Crippen LogP contribution in [0.2, 0.25) is 0 Å². The first kappa shape index (κ1) is 13.7. The lowest BCUT2D eigenvalue weighted by Gasteiger charge is -2.01. The molecule has 20 heavy (non-hydrogen) atoms. The summed E-state index contributed by atoms with van der Waals surface area (Å²) >= 11 is 6.34. The van der Waals surface area contributed by atoms with Gasteiger partial charge >= 0.3 is 0 Å². The zero-order chi connectivity index (χ0) is 13.9. The van der Waals surface area contributed by atoms with Crippen LogP contribution >= 0.6 is 39.2 Å². The predicted molar refractivity (Wildman–Crippen MR) is 83.9 cm³/mol. The fraction of sp³-hybridized carbons (Fsp3) is 0.0769. The molecule has 3 aromatic rings. The third-order valence-corrected chi connectivity index (χ3v) is 4.72. The van der Waals surface area contributed by atoms with E-state index in [9.17, 15) is 0 Å². The molecular weight excluding hydrogens is 356 g/mol. The second-order valence-electron chi connectivity index (χ2n) is 3.96. The summed E-state index contributed by atoms with van der Waals surface area (Å²) in [6.07, 6.45) is 0. The van der Waals surface area contributed by atoms with Gasteiger partial charge in [-0.25, -0.2) is 4.98 Å². The highest BCUT2D eigenvalue weighted by atomic mass is 79.9. The minimum atomic E-state index is 0.760. The van der Waals surface area contributed by atoms with E-state index in [1.165, 1.54) is 11.5 Å². The molecule has 0 saturated carbocycles. The van der Waals surface area contributed by atoms with Crippen molar-refractivity contribution in [3.8, 4) is 10.7 Å². The summed E-state index contributed by atoms with van der Waals surface area (Å²) in [7, 11) is 0.